The highest BCUT2D eigenvalue weighted by molar-refractivity contribution is 7.80. The molecule has 2 rings (SSSR count). The number of thiol groups is 1. The standard InChI is InChI=1S/C14H17N3S.ClHO4/c1-4-11-10-13(16(2)3)14(18)15-17(11)12-8-6-5-7-9-12;2-1(3,4)5/h5-10H,4H2,1-3H3;(H,2,3,4,5). The molecule has 0 aliphatic heterocycles. The molecule has 0 N–H and O–H groups in total. The van der Waals surface area contributed by atoms with Crippen LogP contribution in [-0.4, -0.2) is 19.2 Å². The molecule has 0 aliphatic rings. The molecule has 0 bridgehead atoms. The maximum atomic E-state index is 8.49. The summed E-state index contributed by atoms with van der Waals surface area (Å²) in [5, 5.41) is 5.31. The molecule has 0 saturated heterocycles. The average molecular weight is 360 g/mol. The number of hydrogen-bond acceptors (Lipinski definition) is 7. The predicted molar refractivity (Wildman–Crippen MR) is 76.7 cm³/mol. The molecule has 0 amide bonds. The van der Waals surface area contributed by atoms with Gasteiger partial charge in [-0.15, -0.1) is 22.9 Å². The Bertz CT molecular complexity index is 630. The fraction of sp³-hybridized carbons (Fsp3) is 0.286. The zero-order valence-corrected chi connectivity index (χ0v) is 14.6. The van der Waals surface area contributed by atoms with Gasteiger partial charge in [0.05, 0.1) is 5.69 Å². The molecule has 9 heteroatoms. The van der Waals surface area contributed by atoms with E-state index in [9.17, 15) is 0 Å². The van der Waals surface area contributed by atoms with Crippen LogP contribution in [0.15, 0.2) is 41.4 Å². The molecule has 1 aromatic carbocycles. The first kappa shape index (κ1) is 19.6. The number of para-hydroxylation sites is 1. The van der Waals surface area contributed by atoms with Crippen LogP contribution in [-0.2, 0) is 6.42 Å². The van der Waals surface area contributed by atoms with Crippen LogP contribution in [0.2, 0.25) is 0 Å². The van der Waals surface area contributed by atoms with Crippen LogP contribution in [0.4, 0.5) is 5.69 Å². The SMILES string of the molecule is CCc1cc(N(C)C)c(S)n[n+]1-c1ccccc1.[O-][Cl+3]([O-])([O-])[O-]. The highest BCUT2D eigenvalue weighted by Gasteiger charge is 2.19. The van der Waals surface area contributed by atoms with Crippen molar-refractivity contribution in [1.82, 2.24) is 5.10 Å². The molecular weight excluding hydrogens is 342 g/mol. The summed E-state index contributed by atoms with van der Waals surface area (Å²) in [4.78, 5) is 2.03. The minimum atomic E-state index is -4.94. The summed E-state index contributed by atoms with van der Waals surface area (Å²) in [6, 6.07) is 12.3. The molecule has 2 aromatic rings. The quantitative estimate of drug-likeness (QED) is 0.479. The van der Waals surface area contributed by atoms with Crippen molar-refractivity contribution in [3.63, 3.8) is 0 Å². The van der Waals surface area contributed by atoms with E-state index >= 15 is 0 Å². The van der Waals surface area contributed by atoms with Gasteiger partial charge in [-0.1, -0.05) is 25.1 Å². The van der Waals surface area contributed by atoms with E-state index in [1.165, 1.54) is 5.69 Å². The maximum absolute atomic E-state index is 8.49. The van der Waals surface area contributed by atoms with Gasteiger partial charge in [-0.3, -0.25) is 0 Å². The largest absolute Gasteiger partial charge is 0.375 e. The normalized spacial score (nSPS) is 10.8. The Balaban J connectivity index is 0.000000463. The third-order valence-corrected chi connectivity index (χ3v) is 3.16. The second kappa shape index (κ2) is 8.44. The molecule has 1 aromatic heterocycles. The van der Waals surface area contributed by atoms with Crippen LogP contribution in [0.3, 0.4) is 0 Å². The fourth-order valence-electron chi connectivity index (χ4n) is 1.87. The number of aromatic nitrogens is 2. The number of aryl methyl sites for hydroxylation is 1. The van der Waals surface area contributed by atoms with E-state index in [-0.39, 0.29) is 0 Å². The molecule has 0 fully saturated rings. The number of anilines is 1. The molecule has 126 valence electrons. The lowest BCUT2D eigenvalue weighted by atomic mass is 10.2. The molecule has 0 atom stereocenters. The van der Waals surface area contributed by atoms with Gasteiger partial charge in [0.2, 0.25) is 11.4 Å². The van der Waals surface area contributed by atoms with Crippen molar-refractivity contribution < 1.29 is 33.6 Å². The molecular formula is C14H18ClN3O4S. The fourth-order valence-corrected chi connectivity index (χ4v) is 2.22. The minimum Gasteiger partial charge on any atom is -0.375 e. The van der Waals surface area contributed by atoms with Gasteiger partial charge in [0.25, 0.3) is 0 Å². The van der Waals surface area contributed by atoms with Gasteiger partial charge in [-0.2, -0.15) is 0 Å². The van der Waals surface area contributed by atoms with E-state index in [2.05, 4.69) is 42.9 Å². The van der Waals surface area contributed by atoms with Crippen molar-refractivity contribution in [2.75, 3.05) is 19.0 Å². The lowest BCUT2D eigenvalue weighted by Crippen LogP contribution is -2.68. The van der Waals surface area contributed by atoms with Crippen molar-refractivity contribution in [2.45, 2.75) is 18.4 Å². The third-order valence-electron chi connectivity index (χ3n) is 2.84. The van der Waals surface area contributed by atoms with Crippen molar-refractivity contribution in [3.8, 4) is 5.69 Å². The Labute approximate surface area is 142 Å². The Morgan fingerprint density at radius 2 is 1.65 bits per heavy atom. The first-order valence-corrected chi connectivity index (χ1v) is 8.31. The van der Waals surface area contributed by atoms with Crippen molar-refractivity contribution in [1.29, 1.82) is 0 Å². The predicted octanol–water partition coefficient (Wildman–Crippen LogP) is -2.48. The summed E-state index contributed by atoms with van der Waals surface area (Å²) in [6.45, 7) is 2.13. The summed E-state index contributed by atoms with van der Waals surface area (Å²) in [5.74, 6) is 0. The second-order valence-electron chi connectivity index (χ2n) is 4.72. The van der Waals surface area contributed by atoms with Crippen LogP contribution in [0.1, 0.15) is 12.6 Å². The first-order chi connectivity index (χ1) is 10.6. The number of hydrogen-bond donors (Lipinski definition) is 1. The Hall–Kier alpha value is -1.42. The zero-order chi connectivity index (χ0) is 17.6. The monoisotopic (exact) mass is 359 g/mol. The summed E-state index contributed by atoms with van der Waals surface area (Å²) in [7, 11) is -0.938. The second-order valence-corrected chi connectivity index (χ2v) is 5.90. The lowest BCUT2D eigenvalue weighted by Gasteiger charge is -2.17. The molecule has 1 heterocycles. The number of rotatable bonds is 3. The van der Waals surface area contributed by atoms with E-state index < -0.39 is 10.2 Å². The molecule has 0 unspecified atom stereocenters. The smallest absolute Gasteiger partial charge is 0.238 e. The first-order valence-electron chi connectivity index (χ1n) is 6.63. The van der Waals surface area contributed by atoms with Crippen molar-refractivity contribution in [3.05, 3.63) is 42.1 Å². The third kappa shape index (κ3) is 6.69. The minimum absolute atomic E-state index is 0.737. The van der Waals surface area contributed by atoms with Crippen LogP contribution < -0.4 is 28.2 Å². The van der Waals surface area contributed by atoms with Gasteiger partial charge < -0.3 is 4.90 Å². The van der Waals surface area contributed by atoms with E-state index in [1.54, 1.807) is 0 Å². The Morgan fingerprint density at radius 1 is 1.13 bits per heavy atom. The van der Waals surface area contributed by atoms with E-state index in [0.29, 0.717) is 0 Å². The van der Waals surface area contributed by atoms with Gasteiger partial charge in [0.15, 0.2) is 5.03 Å². The van der Waals surface area contributed by atoms with Gasteiger partial charge in [-0.25, -0.2) is 18.6 Å². The maximum Gasteiger partial charge on any atom is 0.238 e. The highest BCUT2D eigenvalue weighted by atomic mass is 35.7. The van der Waals surface area contributed by atoms with E-state index in [0.717, 1.165) is 22.8 Å². The van der Waals surface area contributed by atoms with Gasteiger partial charge >= 0.3 is 0 Å². The van der Waals surface area contributed by atoms with E-state index in [1.807, 2.05) is 41.9 Å². The topological polar surface area (TPSA) is 112 Å². The Kier molecular flexibility index (Phi) is 7.20. The summed E-state index contributed by atoms with van der Waals surface area (Å²) in [6.07, 6.45) is 0.927. The highest BCUT2D eigenvalue weighted by Crippen LogP contribution is 2.20. The molecule has 0 spiro atoms. The van der Waals surface area contributed by atoms with Gasteiger partial charge in [-0.05, 0) is 4.68 Å². The number of halogens is 1. The molecule has 0 saturated carbocycles. The summed E-state index contributed by atoms with van der Waals surface area (Å²) >= 11 is 4.47. The molecule has 0 aliphatic carbocycles. The zero-order valence-electron chi connectivity index (χ0n) is 13.0. The lowest BCUT2D eigenvalue weighted by molar-refractivity contribution is -2.00. The van der Waals surface area contributed by atoms with Gasteiger partial charge in [0, 0.05) is 43.8 Å². The van der Waals surface area contributed by atoms with Gasteiger partial charge in [0.1, 0.15) is 0 Å². The molecule has 7 nitrogen and oxygen atoms in total. The van der Waals surface area contributed by atoms with Crippen molar-refractivity contribution >= 4 is 18.3 Å². The van der Waals surface area contributed by atoms with Crippen LogP contribution in [0.25, 0.3) is 5.69 Å². The van der Waals surface area contributed by atoms with Crippen LogP contribution >= 0.6 is 12.6 Å². The number of benzene rings is 1. The molecule has 23 heavy (non-hydrogen) atoms. The summed E-state index contributed by atoms with van der Waals surface area (Å²) in [5.41, 5.74) is 3.28. The van der Waals surface area contributed by atoms with Crippen molar-refractivity contribution in [2.24, 2.45) is 0 Å². The summed E-state index contributed by atoms with van der Waals surface area (Å²) < 4.78 is 35.9. The average Bonchev–Trinajstić information content (AvgIpc) is 2.46. The number of nitrogens with zero attached hydrogens (tertiary/aromatic N) is 3. The Morgan fingerprint density at radius 3 is 2.09 bits per heavy atom. The van der Waals surface area contributed by atoms with Crippen LogP contribution in [0.5, 0.6) is 0 Å². The van der Waals surface area contributed by atoms with E-state index in [4.69, 9.17) is 18.6 Å². The van der Waals surface area contributed by atoms with Crippen LogP contribution in [0, 0.1) is 10.2 Å². The molecule has 0 radical (unpaired) electrons.